The van der Waals surface area contributed by atoms with E-state index in [4.69, 9.17) is 5.11 Å². The summed E-state index contributed by atoms with van der Waals surface area (Å²) in [6.07, 6.45) is 1.71. The van der Waals surface area contributed by atoms with Gasteiger partial charge in [0.25, 0.3) is 0 Å². The van der Waals surface area contributed by atoms with Crippen molar-refractivity contribution in [1.82, 2.24) is 19.6 Å². The highest BCUT2D eigenvalue weighted by Gasteiger charge is 2.21. The van der Waals surface area contributed by atoms with Crippen LogP contribution < -0.4 is 0 Å². The number of nitrogens with zero attached hydrogens (tertiary/aromatic N) is 4. The lowest BCUT2D eigenvalue weighted by Gasteiger charge is -2.34. The SMILES string of the molecule is O=C(O)c1ccnn1CCC(=O)N1CCN(Cc2cccs2)CC1. The summed E-state index contributed by atoms with van der Waals surface area (Å²) >= 11 is 1.75. The number of thiophene rings is 1. The van der Waals surface area contributed by atoms with Crippen molar-refractivity contribution in [1.29, 1.82) is 0 Å². The van der Waals surface area contributed by atoms with Crippen molar-refractivity contribution in [2.45, 2.75) is 19.5 Å². The van der Waals surface area contributed by atoms with Gasteiger partial charge < -0.3 is 10.0 Å². The average molecular weight is 348 g/mol. The van der Waals surface area contributed by atoms with Gasteiger partial charge in [-0.15, -0.1) is 11.3 Å². The molecule has 7 nitrogen and oxygen atoms in total. The van der Waals surface area contributed by atoms with Crippen LogP contribution in [0.3, 0.4) is 0 Å². The van der Waals surface area contributed by atoms with Gasteiger partial charge in [0.15, 0.2) is 0 Å². The van der Waals surface area contributed by atoms with Crippen LogP contribution in [0.5, 0.6) is 0 Å². The number of carboxylic acid groups (broad SMARTS) is 1. The van der Waals surface area contributed by atoms with E-state index in [2.05, 4.69) is 27.5 Å². The van der Waals surface area contributed by atoms with Crippen LogP contribution >= 0.6 is 11.3 Å². The minimum atomic E-state index is -1.03. The van der Waals surface area contributed by atoms with Gasteiger partial charge in [-0.3, -0.25) is 14.4 Å². The fourth-order valence-corrected chi connectivity index (χ4v) is 3.58. The number of aromatic nitrogens is 2. The van der Waals surface area contributed by atoms with Crippen molar-refractivity contribution in [3.63, 3.8) is 0 Å². The molecule has 1 amide bonds. The minimum Gasteiger partial charge on any atom is -0.477 e. The number of hydrogen-bond acceptors (Lipinski definition) is 5. The lowest BCUT2D eigenvalue weighted by molar-refractivity contribution is -0.133. The predicted octanol–water partition coefficient (Wildman–Crippen LogP) is 1.38. The summed E-state index contributed by atoms with van der Waals surface area (Å²) in [7, 11) is 0. The number of carbonyl (C=O) groups is 2. The van der Waals surface area contributed by atoms with Crippen molar-refractivity contribution in [3.8, 4) is 0 Å². The number of hydrogen-bond donors (Lipinski definition) is 1. The van der Waals surface area contributed by atoms with Gasteiger partial charge in [0.2, 0.25) is 5.91 Å². The summed E-state index contributed by atoms with van der Waals surface area (Å²) in [4.78, 5) is 28.9. The fraction of sp³-hybridized carbons (Fsp3) is 0.438. The van der Waals surface area contributed by atoms with E-state index >= 15 is 0 Å². The summed E-state index contributed by atoms with van der Waals surface area (Å²) in [5.41, 5.74) is 0.114. The van der Waals surface area contributed by atoms with Crippen LogP contribution in [-0.2, 0) is 17.9 Å². The van der Waals surface area contributed by atoms with E-state index in [0.717, 1.165) is 32.7 Å². The Hall–Kier alpha value is -2.19. The molecule has 2 aromatic heterocycles. The molecule has 2 aromatic rings. The van der Waals surface area contributed by atoms with E-state index in [1.54, 1.807) is 11.3 Å². The maximum atomic E-state index is 12.3. The van der Waals surface area contributed by atoms with E-state index in [1.807, 2.05) is 4.90 Å². The molecular weight excluding hydrogens is 328 g/mol. The molecule has 0 aromatic carbocycles. The second-order valence-corrected chi connectivity index (χ2v) is 6.76. The number of aromatic carboxylic acids is 1. The molecule has 3 rings (SSSR count). The van der Waals surface area contributed by atoms with Crippen LogP contribution in [0.15, 0.2) is 29.8 Å². The molecule has 24 heavy (non-hydrogen) atoms. The maximum Gasteiger partial charge on any atom is 0.354 e. The molecule has 0 bridgehead atoms. The monoisotopic (exact) mass is 348 g/mol. The first-order valence-electron chi connectivity index (χ1n) is 7.91. The second kappa shape index (κ2) is 7.59. The van der Waals surface area contributed by atoms with E-state index in [-0.39, 0.29) is 18.0 Å². The zero-order chi connectivity index (χ0) is 16.9. The molecule has 0 atom stereocenters. The minimum absolute atomic E-state index is 0.0533. The summed E-state index contributed by atoms with van der Waals surface area (Å²) < 4.78 is 1.37. The van der Waals surface area contributed by atoms with Gasteiger partial charge in [0, 0.05) is 50.2 Å². The van der Waals surface area contributed by atoms with Crippen molar-refractivity contribution >= 4 is 23.2 Å². The summed E-state index contributed by atoms with van der Waals surface area (Å²) in [5, 5.41) is 15.1. The normalized spacial score (nSPS) is 15.6. The smallest absolute Gasteiger partial charge is 0.354 e. The van der Waals surface area contributed by atoms with E-state index in [0.29, 0.717) is 6.54 Å². The van der Waals surface area contributed by atoms with Gasteiger partial charge in [-0.2, -0.15) is 5.10 Å². The van der Waals surface area contributed by atoms with E-state index in [1.165, 1.54) is 21.8 Å². The largest absolute Gasteiger partial charge is 0.477 e. The first-order chi connectivity index (χ1) is 11.6. The Morgan fingerprint density at radius 2 is 2.00 bits per heavy atom. The molecule has 128 valence electrons. The molecule has 0 saturated carbocycles. The van der Waals surface area contributed by atoms with Crippen LogP contribution in [0.2, 0.25) is 0 Å². The van der Waals surface area contributed by atoms with Gasteiger partial charge in [0.05, 0.1) is 6.54 Å². The highest BCUT2D eigenvalue weighted by molar-refractivity contribution is 7.09. The first-order valence-corrected chi connectivity index (χ1v) is 8.79. The number of aryl methyl sites for hydroxylation is 1. The summed E-state index contributed by atoms with van der Waals surface area (Å²) in [6.45, 7) is 4.40. The van der Waals surface area contributed by atoms with Gasteiger partial charge in [-0.05, 0) is 17.5 Å². The molecule has 1 N–H and O–H groups in total. The number of carbonyl (C=O) groups excluding carboxylic acids is 1. The molecule has 0 unspecified atom stereocenters. The topological polar surface area (TPSA) is 78.7 Å². The Labute approximate surface area is 144 Å². The molecular formula is C16H20N4O3S. The Morgan fingerprint density at radius 3 is 2.67 bits per heavy atom. The molecule has 1 fully saturated rings. The molecule has 1 saturated heterocycles. The van der Waals surface area contributed by atoms with E-state index < -0.39 is 5.97 Å². The number of piperazine rings is 1. The third kappa shape index (κ3) is 4.01. The first kappa shape index (κ1) is 16.7. The Bertz CT molecular complexity index is 690. The molecule has 1 aliphatic heterocycles. The number of carboxylic acids is 1. The third-order valence-electron chi connectivity index (χ3n) is 4.16. The lowest BCUT2D eigenvalue weighted by atomic mass is 10.2. The Balaban J connectivity index is 1.45. The third-order valence-corrected chi connectivity index (χ3v) is 5.02. The standard InChI is InChI=1S/C16H20N4O3S/c21-15(4-6-20-14(16(22)23)3-5-17-20)19-9-7-18(8-10-19)12-13-2-1-11-24-13/h1-3,5,11H,4,6-10,12H2,(H,22,23). The summed E-state index contributed by atoms with van der Waals surface area (Å²) in [6, 6.07) is 5.63. The second-order valence-electron chi connectivity index (χ2n) is 5.73. The highest BCUT2D eigenvalue weighted by atomic mass is 32.1. The van der Waals surface area contributed by atoms with Gasteiger partial charge in [-0.1, -0.05) is 6.07 Å². The van der Waals surface area contributed by atoms with Crippen LogP contribution in [0.25, 0.3) is 0 Å². The Kier molecular flexibility index (Phi) is 5.27. The molecule has 3 heterocycles. The average Bonchev–Trinajstić information content (AvgIpc) is 3.24. The quantitative estimate of drug-likeness (QED) is 0.853. The summed E-state index contributed by atoms with van der Waals surface area (Å²) in [5.74, 6) is -0.972. The van der Waals surface area contributed by atoms with Crippen LogP contribution in [0.4, 0.5) is 0 Å². The number of rotatable bonds is 6. The van der Waals surface area contributed by atoms with Crippen molar-refractivity contribution in [3.05, 3.63) is 40.3 Å². The van der Waals surface area contributed by atoms with Crippen molar-refractivity contribution in [2.75, 3.05) is 26.2 Å². The molecule has 0 spiro atoms. The lowest BCUT2D eigenvalue weighted by Crippen LogP contribution is -2.48. The zero-order valence-corrected chi connectivity index (χ0v) is 14.1. The van der Waals surface area contributed by atoms with E-state index in [9.17, 15) is 9.59 Å². The van der Waals surface area contributed by atoms with Gasteiger partial charge in [0.1, 0.15) is 5.69 Å². The van der Waals surface area contributed by atoms with Gasteiger partial charge in [-0.25, -0.2) is 4.79 Å². The molecule has 0 aliphatic carbocycles. The van der Waals surface area contributed by atoms with Crippen LogP contribution in [0, 0.1) is 0 Å². The molecule has 1 aliphatic rings. The highest BCUT2D eigenvalue weighted by Crippen LogP contribution is 2.14. The predicted molar refractivity (Wildman–Crippen MR) is 90.0 cm³/mol. The van der Waals surface area contributed by atoms with Gasteiger partial charge >= 0.3 is 5.97 Å². The van der Waals surface area contributed by atoms with Crippen LogP contribution in [0.1, 0.15) is 21.8 Å². The molecule has 8 heteroatoms. The van der Waals surface area contributed by atoms with Crippen LogP contribution in [-0.4, -0.2) is 62.7 Å². The van der Waals surface area contributed by atoms with Crippen molar-refractivity contribution < 1.29 is 14.7 Å². The zero-order valence-electron chi connectivity index (χ0n) is 13.3. The number of amides is 1. The fourth-order valence-electron chi connectivity index (χ4n) is 2.83. The Morgan fingerprint density at radius 1 is 1.21 bits per heavy atom. The maximum absolute atomic E-state index is 12.3. The molecule has 0 radical (unpaired) electrons. The van der Waals surface area contributed by atoms with Crippen molar-refractivity contribution in [2.24, 2.45) is 0 Å².